The summed E-state index contributed by atoms with van der Waals surface area (Å²) in [5, 5.41) is 10.2. The lowest BCUT2D eigenvalue weighted by Crippen LogP contribution is -2.01. The first-order chi connectivity index (χ1) is 6.43. The summed E-state index contributed by atoms with van der Waals surface area (Å²) in [6, 6.07) is 0.433. The van der Waals surface area contributed by atoms with E-state index in [1.165, 1.54) is 22.6 Å². The van der Waals surface area contributed by atoms with Crippen LogP contribution in [0, 0.1) is 19.6 Å². The van der Waals surface area contributed by atoms with Gasteiger partial charge >= 0.3 is 5.69 Å². The van der Waals surface area contributed by atoms with E-state index in [4.69, 9.17) is 0 Å². The van der Waals surface area contributed by atoms with Crippen LogP contribution in [0.2, 0.25) is 0 Å². The molecule has 0 aliphatic carbocycles. The van der Waals surface area contributed by atoms with Gasteiger partial charge in [0.2, 0.25) is 5.82 Å². The lowest BCUT2D eigenvalue weighted by atomic mass is 10.3. The van der Waals surface area contributed by atoms with Crippen LogP contribution in [0.15, 0.2) is 6.07 Å². The molecule has 1 aromatic heterocycles. The van der Waals surface area contributed by atoms with Crippen molar-refractivity contribution in [3.63, 3.8) is 0 Å². The summed E-state index contributed by atoms with van der Waals surface area (Å²) in [5.41, 5.74) is -1.79. The van der Waals surface area contributed by atoms with Gasteiger partial charge in [-0.15, -0.1) is 0 Å². The lowest BCUT2D eigenvalue weighted by molar-refractivity contribution is -0.387. The fourth-order valence-electron chi connectivity index (χ4n) is 0.748. The van der Waals surface area contributed by atoms with Crippen LogP contribution in [0.4, 0.5) is 18.9 Å². The number of hydrogen-bond acceptors (Lipinski definition) is 3. The van der Waals surface area contributed by atoms with E-state index in [1.807, 2.05) is 0 Å². The molecule has 0 atom stereocenters. The van der Waals surface area contributed by atoms with E-state index in [-0.39, 0.29) is 0 Å². The van der Waals surface area contributed by atoms with Gasteiger partial charge in [0.15, 0.2) is 0 Å². The Morgan fingerprint density at radius 2 is 2.14 bits per heavy atom. The van der Waals surface area contributed by atoms with Gasteiger partial charge in [0.25, 0.3) is 6.43 Å². The highest BCUT2D eigenvalue weighted by Gasteiger charge is 2.23. The minimum absolute atomic E-state index is 0.433. The minimum Gasteiger partial charge on any atom is -0.258 e. The van der Waals surface area contributed by atoms with Gasteiger partial charge in [-0.1, -0.05) is 0 Å². The van der Waals surface area contributed by atoms with Gasteiger partial charge in [0, 0.05) is 6.07 Å². The molecule has 0 saturated heterocycles. The van der Waals surface area contributed by atoms with Crippen LogP contribution in [0.1, 0.15) is 12.1 Å². The van der Waals surface area contributed by atoms with Crippen LogP contribution in [0.3, 0.4) is 0 Å². The Labute approximate surface area is 89.4 Å². The average Bonchev–Trinajstić information content (AvgIpc) is 2.08. The van der Waals surface area contributed by atoms with Crippen molar-refractivity contribution in [2.75, 3.05) is 0 Å². The SMILES string of the molecule is O=[N+]([O-])c1cc(C(F)F)nc(I)c1F. The normalized spacial score (nSPS) is 10.6. The highest BCUT2D eigenvalue weighted by molar-refractivity contribution is 14.1. The molecule has 1 heterocycles. The van der Waals surface area contributed by atoms with Crippen molar-refractivity contribution in [1.82, 2.24) is 4.98 Å². The predicted octanol–water partition coefficient (Wildman–Crippen LogP) is 2.67. The molecule has 8 heteroatoms. The van der Waals surface area contributed by atoms with Gasteiger partial charge in [-0.2, -0.15) is 4.39 Å². The Morgan fingerprint density at radius 1 is 1.57 bits per heavy atom. The number of rotatable bonds is 2. The fourth-order valence-corrected chi connectivity index (χ4v) is 1.30. The van der Waals surface area contributed by atoms with Crippen molar-refractivity contribution < 1.29 is 18.1 Å². The Bertz CT molecular complexity index is 386. The third-order valence-corrected chi connectivity index (χ3v) is 2.05. The van der Waals surface area contributed by atoms with Gasteiger partial charge in [-0.05, 0) is 22.6 Å². The van der Waals surface area contributed by atoms with E-state index in [0.717, 1.165) is 0 Å². The molecule has 1 aromatic rings. The Kier molecular flexibility index (Phi) is 3.24. The van der Waals surface area contributed by atoms with Crippen LogP contribution >= 0.6 is 22.6 Å². The van der Waals surface area contributed by atoms with Crippen molar-refractivity contribution in [3.8, 4) is 0 Å². The monoisotopic (exact) mass is 318 g/mol. The largest absolute Gasteiger partial charge is 0.309 e. The molecule has 0 amide bonds. The highest BCUT2D eigenvalue weighted by Crippen LogP contribution is 2.26. The first-order valence-corrected chi connectivity index (χ1v) is 4.30. The summed E-state index contributed by atoms with van der Waals surface area (Å²) in [6.45, 7) is 0. The van der Waals surface area contributed by atoms with Gasteiger partial charge in [-0.25, -0.2) is 13.8 Å². The van der Waals surface area contributed by atoms with E-state index < -0.39 is 32.2 Å². The average molecular weight is 318 g/mol. The molecular weight excluding hydrogens is 316 g/mol. The van der Waals surface area contributed by atoms with Crippen LogP contribution in [-0.2, 0) is 0 Å². The van der Waals surface area contributed by atoms with Gasteiger partial charge in [-0.3, -0.25) is 10.1 Å². The Balaban J connectivity index is 3.35. The molecule has 4 nitrogen and oxygen atoms in total. The molecule has 0 radical (unpaired) electrons. The van der Waals surface area contributed by atoms with Crippen LogP contribution < -0.4 is 0 Å². The summed E-state index contributed by atoms with van der Waals surface area (Å²) in [7, 11) is 0. The van der Waals surface area contributed by atoms with E-state index in [9.17, 15) is 23.3 Å². The van der Waals surface area contributed by atoms with Crippen LogP contribution in [0.5, 0.6) is 0 Å². The summed E-state index contributed by atoms with van der Waals surface area (Å²) in [4.78, 5) is 12.3. The van der Waals surface area contributed by atoms with Gasteiger partial charge in [0.05, 0.1) is 4.92 Å². The quantitative estimate of drug-likeness (QED) is 0.365. The maximum atomic E-state index is 12.9. The minimum atomic E-state index is -2.96. The second-order valence-electron chi connectivity index (χ2n) is 2.23. The van der Waals surface area contributed by atoms with Gasteiger partial charge in [0.1, 0.15) is 9.39 Å². The predicted molar refractivity (Wildman–Crippen MR) is 48.5 cm³/mol. The number of nitro groups is 1. The Hall–Kier alpha value is -0.930. The smallest absolute Gasteiger partial charge is 0.258 e. The topological polar surface area (TPSA) is 56.0 Å². The molecule has 0 unspecified atom stereocenters. The van der Waals surface area contributed by atoms with Crippen molar-refractivity contribution in [2.24, 2.45) is 0 Å². The molecule has 0 aromatic carbocycles. The van der Waals surface area contributed by atoms with Crippen LogP contribution in [0.25, 0.3) is 0 Å². The van der Waals surface area contributed by atoms with E-state index in [1.54, 1.807) is 0 Å². The summed E-state index contributed by atoms with van der Waals surface area (Å²) >= 11 is 1.32. The summed E-state index contributed by atoms with van der Waals surface area (Å²) in [5.74, 6) is -1.19. The zero-order valence-electron chi connectivity index (χ0n) is 6.38. The zero-order valence-corrected chi connectivity index (χ0v) is 8.53. The first-order valence-electron chi connectivity index (χ1n) is 3.22. The van der Waals surface area contributed by atoms with E-state index in [0.29, 0.717) is 6.07 Å². The molecule has 0 aliphatic rings. The third-order valence-electron chi connectivity index (χ3n) is 1.34. The maximum Gasteiger partial charge on any atom is 0.309 e. The maximum absolute atomic E-state index is 12.9. The second kappa shape index (κ2) is 4.07. The molecule has 1 rings (SSSR count). The molecule has 0 N–H and O–H groups in total. The first kappa shape index (κ1) is 11.1. The molecule has 76 valence electrons. The van der Waals surface area contributed by atoms with Crippen molar-refractivity contribution in [1.29, 1.82) is 0 Å². The second-order valence-corrected chi connectivity index (χ2v) is 3.25. The molecule has 0 fully saturated rings. The van der Waals surface area contributed by atoms with Gasteiger partial charge < -0.3 is 0 Å². The summed E-state index contributed by atoms with van der Waals surface area (Å²) in [6.07, 6.45) is -2.96. The number of aromatic nitrogens is 1. The molecule has 0 bridgehead atoms. The molecule has 0 aliphatic heterocycles. The number of pyridine rings is 1. The highest BCUT2D eigenvalue weighted by atomic mass is 127. The molecule has 0 spiro atoms. The van der Waals surface area contributed by atoms with E-state index >= 15 is 0 Å². The van der Waals surface area contributed by atoms with Crippen molar-refractivity contribution >= 4 is 28.3 Å². The standard InChI is InChI=1S/C6H2F3IN2O2/c7-4-3(12(13)14)1-2(5(8)9)11-6(4)10/h1,5H. The third kappa shape index (κ3) is 2.11. The number of hydrogen-bond donors (Lipinski definition) is 0. The number of nitrogens with zero attached hydrogens (tertiary/aromatic N) is 2. The number of halogens is 4. The van der Waals surface area contributed by atoms with Crippen molar-refractivity contribution in [3.05, 3.63) is 31.4 Å². The van der Waals surface area contributed by atoms with Crippen molar-refractivity contribution in [2.45, 2.75) is 6.43 Å². The van der Waals surface area contributed by atoms with Crippen LogP contribution in [-0.4, -0.2) is 9.91 Å². The molecule has 14 heavy (non-hydrogen) atoms. The fraction of sp³-hybridized carbons (Fsp3) is 0.167. The van der Waals surface area contributed by atoms with E-state index in [2.05, 4.69) is 4.98 Å². The Morgan fingerprint density at radius 3 is 2.57 bits per heavy atom. The molecule has 0 saturated carbocycles. The number of alkyl halides is 2. The molecular formula is C6H2F3IN2O2. The zero-order chi connectivity index (χ0) is 10.9. The lowest BCUT2D eigenvalue weighted by Gasteiger charge is -2.01. The summed E-state index contributed by atoms with van der Waals surface area (Å²) < 4.78 is 36.7.